The van der Waals surface area contributed by atoms with Crippen molar-refractivity contribution in [2.45, 2.75) is 51.9 Å². The van der Waals surface area contributed by atoms with Gasteiger partial charge in [-0.1, -0.05) is 0 Å². The maximum atomic E-state index is 13.8. The molecule has 0 aliphatic carbocycles. The number of nitrogens with zero attached hydrogens (tertiary/aromatic N) is 7. The van der Waals surface area contributed by atoms with Gasteiger partial charge in [0.2, 0.25) is 5.95 Å². The summed E-state index contributed by atoms with van der Waals surface area (Å²) in [4.78, 5) is 15.6. The van der Waals surface area contributed by atoms with E-state index in [0.717, 1.165) is 6.42 Å². The van der Waals surface area contributed by atoms with E-state index in [2.05, 4.69) is 39.2 Å². The monoisotopic (exact) mass is 490 g/mol. The quantitative estimate of drug-likeness (QED) is 0.384. The number of nitrogens with one attached hydrogen (secondary N) is 1. The van der Waals surface area contributed by atoms with Crippen LogP contribution in [0.5, 0.6) is 5.88 Å². The van der Waals surface area contributed by atoms with Crippen molar-refractivity contribution in [3.8, 4) is 5.88 Å². The number of aromatic nitrogens is 6. The van der Waals surface area contributed by atoms with E-state index < -0.39 is 6.17 Å². The van der Waals surface area contributed by atoms with Crippen LogP contribution in [0.3, 0.4) is 0 Å². The summed E-state index contributed by atoms with van der Waals surface area (Å²) in [5.74, 6) is 1.41. The number of aryl methyl sites for hydroxylation is 1. The Bertz CT molecular complexity index is 1130. The van der Waals surface area contributed by atoms with Gasteiger partial charge in [-0.3, -0.25) is 4.68 Å². The van der Waals surface area contributed by atoms with Crippen molar-refractivity contribution in [2.75, 3.05) is 50.2 Å². The van der Waals surface area contributed by atoms with Crippen LogP contribution in [0, 0.1) is 0 Å². The zero-order chi connectivity index (χ0) is 25.0. The molecule has 1 fully saturated rings. The molecule has 0 bridgehead atoms. The zero-order valence-corrected chi connectivity index (χ0v) is 21.1. The molecule has 1 aliphatic rings. The first-order valence-corrected chi connectivity index (χ1v) is 12.0. The van der Waals surface area contributed by atoms with Gasteiger partial charge in [0.15, 0.2) is 17.0 Å². The number of methoxy groups -OCH3 is 1. The average molecular weight is 491 g/mol. The number of imidazole rings is 1. The van der Waals surface area contributed by atoms with Gasteiger partial charge in [0.25, 0.3) is 5.88 Å². The second-order valence-corrected chi connectivity index (χ2v) is 9.23. The molecule has 12 heteroatoms. The van der Waals surface area contributed by atoms with Crippen molar-refractivity contribution in [3.63, 3.8) is 0 Å². The highest BCUT2D eigenvalue weighted by atomic mass is 19.1. The molecule has 4 heterocycles. The van der Waals surface area contributed by atoms with Crippen molar-refractivity contribution < 1.29 is 18.6 Å². The topological polar surface area (TPSA) is 104 Å². The number of hydrogen-bond donors (Lipinski definition) is 1. The molecule has 35 heavy (non-hydrogen) atoms. The minimum absolute atomic E-state index is 0.283. The number of halogens is 1. The van der Waals surface area contributed by atoms with Gasteiger partial charge in [-0.25, -0.2) is 9.37 Å². The Labute approximate surface area is 204 Å². The lowest BCUT2D eigenvalue weighted by Crippen LogP contribution is -2.28. The molecular formula is C23H35FN8O3. The fraction of sp³-hybridized carbons (Fsp3) is 0.652. The van der Waals surface area contributed by atoms with Crippen molar-refractivity contribution in [3.05, 3.63) is 12.5 Å². The molecule has 1 aliphatic heterocycles. The Balaban J connectivity index is 1.50. The maximum absolute atomic E-state index is 13.8. The van der Waals surface area contributed by atoms with Gasteiger partial charge < -0.3 is 29.0 Å². The Hall–Kier alpha value is -2.99. The lowest BCUT2D eigenvalue weighted by molar-refractivity contribution is -0.0434. The predicted molar refractivity (Wildman–Crippen MR) is 131 cm³/mol. The molecule has 0 saturated carbocycles. The SMILES string of the molecule is CCOCCC(C)(C)OCCn1cc(Nc2nc(N3CCC(F)C3)nc3c2ncn3C)c(OC)n1. The lowest BCUT2D eigenvalue weighted by atomic mass is 10.1. The van der Waals surface area contributed by atoms with E-state index in [-0.39, 0.29) is 12.1 Å². The van der Waals surface area contributed by atoms with Crippen LogP contribution in [0.1, 0.15) is 33.6 Å². The van der Waals surface area contributed by atoms with E-state index >= 15 is 0 Å². The fourth-order valence-corrected chi connectivity index (χ4v) is 3.96. The molecule has 3 aromatic rings. The Morgan fingerprint density at radius 1 is 1.26 bits per heavy atom. The van der Waals surface area contributed by atoms with Gasteiger partial charge in [0.05, 0.1) is 44.9 Å². The first-order valence-electron chi connectivity index (χ1n) is 12.0. The van der Waals surface area contributed by atoms with Gasteiger partial charge in [-0.15, -0.1) is 5.10 Å². The highest BCUT2D eigenvalue weighted by molar-refractivity contribution is 5.87. The number of anilines is 3. The van der Waals surface area contributed by atoms with Gasteiger partial charge in [-0.05, 0) is 33.6 Å². The first kappa shape index (κ1) is 25.1. The molecule has 0 amide bonds. The van der Waals surface area contributed by atoms with Crippen LogP contribution in [0.4, 0.5) is 21.8 Å². The van der Waals surface area contributed by atoms with E-state index in [1.165, 1.54) is 0 Å². The van der Waals surface area contributed by atoms with Gasteiger partial charge in [0.1, 0.15) is 11.9 Å². The molecule has 0 radical (unpaired) electrons. The maximum Gasteiger partial charge on any atom is 0.256 e. The Morgan fingerprint density at radius 3 is 2.80 bits per heavy atom. The summed E-state index contributed by atoms with van der Waals surface area (Å²) in [5.41, 5.74) is 1.63. The van der Waals surface area contributed by atoms with Crippen LogP contribution in [0.25, 0.3) is 11.2 Å². The summed E-state index contributed by atoms with van der Waals surface area (Å²) in [6.45, 7) is 9.36. The van der Waals surface area contributed by atoms with Crippen LogP contribution in [-0.2, 0) is 23.1 Å². The van der Waals surface area contributed by atoms with Crippen LogP contribution in [-0.4, -0.2) is 81.1 Å². The molecule has 192 valence electrons. The standard InChI is InChI=1S/C23H35FN8O3/c1-6-34-11-8-23(2,3)35-12-10-32-14-17(21(29-32)33-5)26-19-18-20(30(4)15-25-18)28-22(27-19)31-9-7-16(24)13-31/h14-16H,6-13H2,1-5H3,(H,26,27,28). The Kier molecular flexibility index (Phi) is 7.70. The number of fused-ring (bicyclic) bond motifs is 1. The van der Waals surface area contributed by atoms with Crippen molar-refractivity contribution >= 4 is 28.6 Å². The van der Waals surface area contributed by atoms with Gasteiger partial charge >= 0.3 is 0 Å². The first-order chi connectivity index (χ1) is 16.8. The summed E-state index contributed by atoms with van der Waals surface area (Å²) in [5, 5.41) is 7.82. The van der Waals surface area contributed by atoms with E-state index in [1.807, 2.05) is 29.6 Å². The van der Waals surface area contributed by atoms with Crippen molar-refractivity contribution in [1.29, 1.82) is 0 Å². The second kappa shape index (κ2) is 10.7. The molecule has 3 aromatic heterocycles. The van der Waals surface area contributed by atoms with Crippen molar-refractivity contribution in [2.24, 2.45) is 7.05 Å². The number of rotatable bonds is 12. The molecular weight excluding hydrogens is 455 g/mol. The molecule has 1 atom stereocenters. The minimum Gasteiger partial charge on any atom is -0.478 e. The average Bonchev–Trinajstić information content (AvgIpc) is 3.53. The predicted octanol–water partition coefficient (Wildman–Crippen LogP) is 3.08. The zero-order valence-electron chi connectivity index (χ0n) is 21.1. The van der Waals surface area contributed by atoms with E-state index in [0.29, 0.717) is 73.8 Å². The summed E-state index contributed by atoms with van der Waals surface area (Å²) >= 11 is 0. The van der Waals surface area contributed by atoms with Crippen LogP contribution in [0.15, 0.2) is 12.5 Å². The normalized spacial score (nSPS) is 16.4. The third-order valence-electron chi connectivity index (χ3n) is 6.00. The van der Waals surface area contributed by atoms with E-state index in [9.17, 15) is 4.39 Å². The van der Waals surface area contributed by atoms with Crippen LogP contribution >= 0.6 is 0 Å². The highest BCUT2D eigenvalue weighted by Gasteiger charge is 2.26. The second-order valence-electron chi connectivity index (χ2n) is 9.23. The van der Waals surface area contributed by atoms with Crippen LogP contribution < -0.4 is 15.0 Å². The van der Waals surface area contributed by atoms with Crippen molar-refractivity contribution in [1.82, 2.24) is 29.3 Å². The smallest absolute Gasteiger partial charge is 0.256 e. The minimum atomic E-state index is -0.873. The molecule has 11 nitrogen and oxygen atoms in total. The Morgan fingerprint density at radius 2 is 2.09 bits per heavy atom. The highest BCUT2D eigenvalue weighted by Crippen LogP contribution is 2.30. The summed E-state index contributed by atoms with van der Waals surface area (Å²) in [6, 6.07) is 0. The number of ether oxygens (including phenoxy) is 3. The molecule has 4 rings (SSSR count). The van der Waals surface area contributed by atoms with Gasteiger partial charge in [-0.2, -0.15) is 9.97 Å². The fourth-order valence-electron chi connectivity index (χ4n) is 3.96. The van der Waals surface area contributed by atoms with Gasteiger partial charge in [0, 0.05) is 26.8 Å². The summed E-state index contributed by atoms with van der Waals surface area (Å²) in [7, 11) is 3.44. The van der Waals surface area contributed by atoms with E-state index in [1.54, 1.807) is 18.1 Å². The summed E-state index contributed by atoms with van der Waals surface area (Å²) < 4.78 is 34.4. The molecule has 1 unspecified atom stereocenters. The van der Waals surface area contributed by atoms with E-state index in [4.69, 9.17) is 14.2 Å². The molecule has 0 aromatic carbocycles. The lowest BCUT2D eigenvalue weighted by Gasteiger charge is -2.25. The largest absolute Gasteiger partial charge is 0.478 e. The number of hydrogen-bond acceptors (Lipinski definition) is 9. The summed E-state index contributed by atoms with van der Waals surface area (Å²) in [6.07, 6.45) is 3.94. The molecule has 0 spiro atoms. The van der Waals surface area contributed by atoms with Crippen LogP contribution in [0.2, 0.25) is 0 Å². The molecule has 1 saturated heterocycles. The third kappa shape index (κ3) is 5.99. The number of alkyl halides is 1. The molecule has 1 N–H and O–H groups in total. The third-order valence-corrected chi connectivity index (χ3v) is 6.00.